The molecule has 194 valence electrons. The maximum atomic E-state index is 6.60. The highest BCUT2D eigenvalue weighted by atomic mass is 35.5. The highest BCUT2D eigenvalue weighted by Gasteiger charge is 2.48. The predicted molar refractivity (Wildman–Crippen MR) is 135 cm³/mol. The van der Waals surface area contributed by atoms with Crippen LogP contribution in [0.5, 0.6) is 5.75 Å². The molecule has 1 saturated carbocycles. The Morgan fingerprint density at radius 2 is 1.78 bits per heavy atom. The van der Waals surface area contributed by atoms with E-state index in [1.165, 1.54) is 12.7 Å². The maximum Gasteiger partial charge on any atom is 0.215 e. The summed E-state index contributed by atoms with van der Waals surface area (Å²) in [6, 6.07) is 7.09. The Bertz CT molecular complexity index is 1100. The van der Waals surface area contributed by atoms with E-state index in [2.05, 4.69) is 46.2 Å². The molecule has 36 heavy (non-hydrogen) atoms. The molecule has 0 bridgehead atoms. The lowest BCUT2D eigenvalue weighted by Crippen LogP contribution is -2.54. The Morgan fingerprint density at radius 3 is 2.42 bits per heavy atom. The van der Waals surface area contributed by atoms with Crippen LogP contribution in [0.3, 0.4) is 0 Å². The minimum absolute atomic E-state index is 0.234. The second-order valence-corrected chi connectivity index (χ2v) is 11.2. The quantitative estimate of drug-likeness (QED) is 0.461. The van der Waals surface area contributed by atoms with Crippen LogP contribution < -0.4 is 4.74 Å². The van der Waals surface area contributed by atoms with Crippen molar-refractivity contribution in [2.45, 2.75) is 70.7 Å². The van der Waals surface area contributed by atoms with Crippen molar-refractivity contribution in [2.24, 2.45) is 5.41 Å². The van der Waals surface area contributed by atoms with Gasteiger partial charge in [-0.25, -0.2) is 14.3 Å². The van der Waals surface area contributed by atoms with Crippen LogP contribution in [0.15, 0.2) is 36.9 Å². The van der Waals surface area contributed by atoms with Gasteiger partial charge in [0.25, 0.3) is 0 Å². The molecule has 1 saturated heterocycles. The monoisotopic (exact) mass is 514 g/mol. The molecule has 0 N–H and O–H groups in total. The Kier molecular flexibility index (Phi) is 7.28. The van der Waals surface area contributed by atoms with Gasteiger partial charge in [0.2, 0.25) is 6.23 Å². The van der Waals surface area contributed by atoms with Gasteiger partial charge in [0.05, 0.1) is 18.8 Å². The molecule has 0 amide bonds. The lowest BCUT2D eigenvalue weighted by atomic mass is 9.78. The minimum atomic E-state index is -0.541. The fourth-order valence-electron chi connectivity index (χ4n) is 5.68. The zero-order valence-electron chi connectivity index (χ0n) is 21.3. The fraction of sp³-hybridized carbons (Fsp3) is 0.640. The molecule has 1 aliphatic carbocycles. The molecular weight excluding hydrogens is 480 g/mol. The minimum Gasteiger partial charge on any atom is -0.466 e. The number of benzene rings is 1. The molecule has 2 atom stereocenters. The van der Waals surface area contributed by atoms with Crippen molar-refractivity contribution in [3.05, 3.63) is 47.8 Å². The van der Waals surface area contributed by atoms with Crippen LogP contribution in [0.4, 0.5) is 0 Å². The first-order chi connectivity index (χ1) is 17.4. The Morgan fingerprint density at radius 1 is 1.06 bits per heavy atom. The van der Waals surface area contributed by atoms with E-state index in [9.17, 15) is 0 Å². The molecule has 1 aromatic carbocycles. The molecule has 10 nitrogen and oxygen atoms in total. The van der Waals surface area contributed by atoms with Crippen molar-refractivity contribution in [1.82, 2.24) is 39.9 Å². The molecule has 2 aliphatic rings. The van der Waals surface area contributed by atoms with Gasteiger partial charge in [-0.3, -0.25) is 4.90 Å². The van der Waals surface area contributed by atoms with Gasteiger partial charge in [-0.2, -0.15) is 5.10 Å². The summed E-state index contributed by atoms with van der Waals surface area (Å²) in [5, 5.41) is 18.7. The summed E-state index contributed by atoms with van der Waals surface area (Å²) in [6.07, 6.45) is 8.25. The molecule has 5 rings (SSSR count). The maximum absolute atomic E-state index is 6.60. The van der Waals surface area contributed by atoms with E-state index < -0.39 is 6.23 Å². The van der Waals surface area contributed by atoms with Crippen molar-refractivity contribution >= 4 is 11.6 Å². The van der Waals surface area contributed by atoms with Gasteiger partial charge in [-0.1, -0.05) is 51.6 Å². The Balaban J connectivity index is 1.60. The summed E-state index contributed by atoms with van der Waals surface area (Å²) >= 11 is 6.13. The van der Waals surface area contributed by atoms with Crippen molar-refractivity contribution < 1.29 is 9.47 Å². The smallest absolute Gasteiger partial charge is 0.215 e. The van der Waals surface area contributed by atoms with Gasteiger partial charge >= 0.3 is 0 Å². The number of morpholine rings is 1. The van der Waals surface area contributed by atoms with Gasteiger partial charge in [0.1, 0.15) is 24.4 Å². The predicted octanol–water partition coefficient (Wildman–Crippen LogP) is 4.27. The average molecular weight is 515 g/mol. The number of tetrazole rings is 1. The first-order valence-corrected chi connectivity index (χ1v) is 13.1. The lowest BCUT2D eigenvalue weighted by molar-refractivity contribution is -0.0537. The van der Waals surface area contributed by atoms with E-state index in [0.717, 1.165) is 57.8 Å². The number of hydrogen-bond donors (Lipinski definition) is 0. The molecule has 11 heteroatoms. The molecule has 0 radical (unpaired) electrons. The normalized spacial score (nSPS) is 20.7. The van der Waals surface area contributed by atoms with Crippen molar-refractivity contribution in [3.63, 3.8) is 0 Å². The van der Waals surface area contributed by atoms with E-state index >= 15 is 0 Å². The zero-order chi connectivity index (χ0) is 25.2. The van der Waals surface area contributed by atoms with Gasteiger partial charge in [-0.05, 0) is 52.9 Å². The summed E-state index contributed by atoms with van der Waals surface area (Å²) in [5.74, 6) is 1.58. The van der Waals surface area contributed by atoms with Crippen molar-refractivity contribution in [2.75, 3.05) is 26.3 Å². The number of ether oxygens (including phenoxy) is 2. The summed E-state index contributed by atoms with van der Waals surface area (Å²) in [6.45, 7) is 9.75. The standard InChI is InChI=1S/C25H35ClN8O2/c1-24(2,3)21(22(33-18-27-17-28-33)36-20-9-7-19(26)8-10-20)34-23(29-30-31-34)25(11-5-4-6-12-25)32-13-15-35-16-14-32/h7-10,17-18,21-22H,4-6,11-16H2,1-3H3. The van der Waals surface area contributed by atoms with E-state index in [1.54, 1.807) is 11.0 Å². The van der Waals surface area contributed by atoms with Crippen LogP contribution in [0, 0.1) is 5.41 Å². The van der Waals surface area contributed by atoms with Gasteiger partial charge in [0.15, 0.2) is 5.82 Å². The third-order valence-corrected chi connectivity index (χ3v) is 7.65. The molecule has 3 heterocycles. The summed E-state index contributed by atoms with van der Waals surface area (Å²) in [7, 11) is 0. The fourth-order valence-corrected chi connectivity index (χ4v) is 5.80. The van der Waals surface area contributed by atoms with Crippen molar-refractivity contribution in [3.8, 4) is 5.75 Å². The lowest BCUT2D eigenvalue weighted by Gasteiger charge is -2.48. The molecule has 2 unspecified atom stereocenters. The Hall–Kier alpha value is -2.56. The highest BCUT2D eigenvalue weighted by molar-refractivity contribution is 6.30. The second-order valence-electron chi connectivity index (χ2n) is 10.8. The first-order valence-electron chi connectivity index (χ1n) is 12.8. The summed E-state index contributed by atoms with van der Waals surface area (Å²) in [4.78, 5) is 6.76. The molecule has 2 fully saturated rings. The molecular formula is C25H35ClN8O2. The van der Waals surface area contributed by atoms with E-state index in [4.69, 9.17) is 26.2 Å². The first kappa shape index (κ1) is 25.1. The van der Waals surface area contributed by atoms with Gasteiger partial charge < -0.3 is 9.47 Å². The number of halogens is 1. The molecule has 3 aromatic rings. The average Bonchev–Trinajstić information content (AvgIpc) is 3.58. The molecule has 2 aromatic heterocycles. The summed E-state index contributed by atoms with van der Waals surface area (Å²) < 4.78 is 16.0. The largest absolute Gasteiger partial charge is 0.466 e. The number of nitrogens with zero attached hydrogens (tertiary/aromatic N) is 8. The topological polar surface area (TPSA) is 96.0 Å². The van der Waals surface area contributed by atoms with Gasteiger partial charge in [0, 0.05) is 18.1 Å². The number of rotatable bonds is 7. The molecule has 1 aliphatic heterocycles. The van der Waals surface area contributed by atoms with Crippen LogP contribution in [-0.2, 0) is 10.3 Å². The van der Waals surface area contributed by atoms with Crippen LogP contribution in [0.25, 0.3) is 0 Å². The summed E-state index contributed by atoms with van der Waals surface area (Å²) in [5.41, 5.74) is -0.518. The van der Waals surface area contributed by atoms with Gasteiger partial charge in [-0.15, -0.1) is 5.10 Å². The third-order valence-electron chi connectivity index (χ3n) is 7.39. The van der Waals surface area contributed by atoms with Crippen molar-refractivity contribution in [1.29, 1.82) is 0 Å². The van der Waals surface area contributed by atoms with Crippen LogP contribution >= 0.6 is 11.6 Å². The van der Waals surface area contributed by atoms with E-state index in [1.807, 2.05) is 28.9 Å². The van der Waals surface area contributed by atoms with Crippen LogP contribution in [0.2, 0.25) is 5.02 Å². The van der Waals surface area contributed by atoms with E-state index in [-0.39, 0.29) is 17.0 Å². The number of hydrogen-bond acceptors (Lipinski definition) is 8. The zero-order valence-corrected chi connectivity index (χ0v) is 22.0. The Labute approximate surface area is 216 Å². The van der Waals surface area contributed by atoms with Crippen LogP contribution in [-0.4, -0.2) is 66.2 Å². The second kappa shape index (κ2) is 10.4. The molecule has 0 spiro atoms. The third kappa shape index (κ3) is 4.99. The number of aromatic nitrogens is 7. The SMILES string of the molecule is CC(C)(C)C(C(Oc1ccc(Cl)cc1)n1cncn1)n1nnnc1C1(N2CCOCC2)CCCCC1. The highest BCUT2D eigenvalue weighted by Crippen LogP contribution is 2.46. The van der Waals surface area contributed by atoms with Crippen LogP contribution in [0.1, 0.15) is 71.0 Å². The van der Waals surface area contributed by atoms with E-state index in [0.29, 0.717) is 10.8 Å².